The van der Waals surface area contributed by atoms with Crippen LogP contribution in [-0.2, 0) is 16.1 Å². The number of carbonyl (C=O) groups excluding carboxylic acids is 1. The third-order valence-electron chi connectivity index (χ3n) is 2.46. The Hall–Kier alpha value is -1.36. The van der Waals surface area contributed by atoms with Crippen molar-refractivity contribution in [2.75, 3.05) is 7.05 Å². The van der Waals surface area contributed by atoms with Crippen LogP contribution in [0.25, 0.3) is 0 Å². The fraction of sp³-hybridized carbons (Fsp3) is 0.500. The van der Waals surface area contributed by atoms with Gasteiger partial charge in [0, 0.05) is 26.4 Å². The number of thiophene rings is 1. The molecule has 0 unspecified atom stereocenters. The molecule has 1 amide bonds. The average molecular weight is 255 g/mol. The molecule has 0 saturated carbocycles. The van der Waals surface area contributed by atoms with E-state index in [0.29, 0.717) is 25.8 Å². The zero-order chi connectivity index (χ0) is 12.7. The molecule has 0 atom stereocenters. The molecule has 1 aromatic rings. The standard InChI is InChI=1S/C12H17NO3S/c1-13(8-10-6-7-17-9-10)11(14)4-2-3-5-12(15)16/h6-7,9H,2-5,8H2,1H3,(H,15,16). The molecule has 0 aliphatic rings. The van der Waals surface area contributed by atoms with Crippen molar-refractivity contribution < 1.29 is 14.7 Å². The Morgan fingerprint density at radius 1 is 1.35 bits per heavy atom. The molecule has 0 bridgehead atoms. The number of hydrogen-bond donors (Lipinski definition) is 1. The van der Waals surface area contributed by atoms with Gasteiger partial charge in [-0.25, -0.2) is 0 Å². The Labute approximate surface area is 105 Å². The summed E-state index contributed by atoms with van der Waals surface area (Å²) in [6.07, 6.45) is 1.77. The molecule has 4 nitrogen and oxygen atoms in total. The molecule has 1 rings (SSSR count). The van der Waals surface area contributed by atoms with Crippen molar-refractivity contribution in [1.82, 2.24) is 4.90 Å². The molecule has 1 N–H and O–H groups in total. The Bertz CT molecular complexity index is 362. The van der Waals surface area contributed by atoms with Gasteiger partial charge >= 0.3 is 5.97 Å². The second-order valence-electron chi connectivity index (χ2n) is 3.98. The van der Waals surface area contributed by atoms with E-state index in [1.165, 1.54) is 0 Å². The maximum atomic E-state index is 11.7. The smallest absolute Gasteiger partial charge is 0.303 e. The lowest BCUT2D eigenvalue weighted by Gasteiger charge is -2.16. The number of carboxylic acid groups (broad SMARTS) is 1. The number of carbonyl (C=O) groups is 2. The summed E-state index contributed by atoms with van der Waals surface area (Å²) < 4.78 is 0. The van der Waals surface area contributed by atoms with Crippen LogP contribution in [0.3, 0.4) is 0 Å². The molecule has 0 spiro atoms. The van der Waals surface area contributed by atoms with E-state index in [2.05, 4.69) is 0 Å². The quantitative estimate of drug-likeness (QED) is 0.761. The molecule has 0 saturated heterocycles. The number of rotatable bonds is 7. The van der Waals surface area contributed by atoms with Gasteiger partial charge in [-0.3, -0.25) is 9.59 Å². The summed E-state index contributed by atoms with van der Waals surface area (Å²) in [7, 11) is 1.77. The maximum absolute atomic E-state index is 11.7. The van der Waals surface area contributed by atoms with E-state index in [1.54, 1.807) is 23.3 Å². The van der Waals surface area contributed by atoms with E-state index in [1.807, 2.05) is 16.8 Å². The summed E-state index contributed by atoms with van der Waals surface area (Å²) >= 11 is 1.61. The highest BCUT2D eigenvalue weighted by Gasteiger charge is 2.09. The first-order valence-corrected chi connectivity index (χ1v) is 6.50. The van der Waals surface area contributed by atoms with E-state index < -0.39 is 5.97 Å². The minimum atomic E-state index is -0.802. The Morgan fingerprint density at radius 3 is 2.65 bits per heavy atom. The summed E-state index contributed by atoms with van der Waals surface area (Å²) in [5.41, 5.74) is 1.14. The number of nitrogens with zero attached hydrogens (tertiary/aromatic N) is 1. The van der Waals surface area contributed by atoms with Crippen LogP contribution in [0.4, 0.5) is 0 Å². The molecule has 0 radical (unpaired) electrons. The van der Waals surface area contributed by atoms with Gasteiger partial charge in [0.05, 0.1) is 0 Å². The van der Waals surface area contributed by atoms with Crippen molar-refractivity contribution in [3.05, 3.63) is 22.4 Å². The fourth-order valence-corrected chi connectivity index (χ4v) is 2.15. The Balaban J connectivity index is 2.20. The summed E-state index contributed by atoms with van der Waals surface area (Å²) in [6, 6.07) is 2.00. The Kier molecular flexibility index (Phi) is 5.69. The van der Waals surface area contributed by atoms with Crippen LogP contribution in [-0.4, -0.2) is 28.9 Å². The highest BCUT2D eigenvalue weighted by molar-refractivity contribution is 7.07. The van der Waals surface area contributed by atoms with Crippen molar-refractivity contribution in [1.29, 1.82) is 0 Å². The number of aliphatic carboxylic acids is 1. The third-order valence-corrected chi connectivity index (χ3v) is 3.19. The van der Waals surface area contributed by atoms with Crippen LogP contribution in [0.2, 0.25) is 0 Å². The normalized spacial score (nSPS) is 10.2. The molecule has 0 aliphatic heterocycles. The Morgan fingerprint density at radius 2 is 2.06 bits per heavy atom. The van der Waals surface area contributed by atoms with Crippen LogP contribution >= 0.6 is 11.3 Å². The van der Waals surface area contributed by atoms with Crippen molar-refractivity contribution in [2.45, 2.75) is 32.2 Å². The first-order valence-electron chi connectivity index (χ1n) is 5.56. The first-order chi connectivity index (χ1) is 8.09. The molecule has 0 aliphatic carbocycles. The zero-order valence-electron chi connectivity index (χ0n) is 9.89. The second kappa shape index (κ2) is 7.06. The molecule has 0 aromatic carbocycles. The van der Waals surface area contributed by atoms with Gasteiger partial charge in [-0.05, 0) is 35.2 Å². The van der Waals surface area contributed by atoms with Gasteiger partial charge in [0.25, 0.3) is 0 Å². The van der Waals surface area contributed by atoms with E-state index in [0.717, 1.165) is 5.56 Å². The van der Waals surface area contributed by atoms with Gasteiger partial charge < -0.3 is 10.0 Å². The SMILES string of the molecule is CN(Cc1ccsc1)C(=O)CCCCC(=O)O. The van der Waals surface area contributed by atoms with Gasteiger partial charge in [-0.1, -0.05) is 0 Å². The van der Waals surface area contributed by atoms with E-state index in [9.17, 15) is 9.59 Å². The van der Waals surface area contributed by atoms with Gasteiger partial charge in [-0.2, -0.15) is 11.3 Å². The average Bonchev–Trinajstić information content (AvgIpc) is 2.76. The van der Waals surface area contributed by atoms with Crippen molar-refractivity contribution in [2.24, 2.45) is 0 Å². The van der Waals surface area contributed by atoms with Crippen LogP contribution in [0, 0.1) is 0 Å². The van der Waals surface area contributed by atoms with Crippen LogP contribution in [0.5, 0.6) is 0 Å². The van der Waals surface area contributed by atoms with Crippen molar-refractivity contribution in [3.63, 3.8) is 0 Å². The topological polar surface area (TPSA) is 57.6 Å². The molecular formula is C12H17NO3S. The number of hydrogen-bond acceptors (Lipinski definition) is 3. The number of unbranched alkanes of at least 4 members (excludes halogenated alkanes) is 1. The molecular weight excluding hydrogens is 238 g/mol. The lowest BCUT2D eigenvalue weighted by molar-refractivity contribution is -0.137. The second-order valence-corrected chi connectivity index (χ2v) is 4.76. The van der Waals surface area contributed by atoms with Gasteiger partial charge in [0.2, 0.25) is 5.91 Å². The van der Waals surface area contributed by atoms with Crippen LogP contribution in [0.1, 0.15) is 31.2 Å². The predicted octanol–water partition coefficient (Wildman–Crippen LogP) is 2.35. The van der Waals surface area contributed by atoms with Crippen LogP contribution in [0.15, 0.2) is 16.8 Å². The summed E-state index contributed by atoms with van der Waals surface area (Å²) in [5.74, 6) is -0.731. The van der Waals surface area contributed by atoms with Gasteiger partial charge in [0.15, 0.2) is 0 Å². The molecule has 5 heteroatoms. The number of carboxylic acids is 1. The third kappa shape index (κ3) is 5.49. The minimum Gasteiger partial charge on any atom is -0.481 e. The molecule has 1 aromatic heterocycles. The first kappa shape index (κ1) is 13.7. The van der Waals surface area contributed by atoms with Crippen LogP contribution < -0.4 is 0 Å². The minimum absolute atomic E-state index is 0.0709. The summed E-state index contributed by atoms with van der Waals surface area (Å²) in [5, 5.41) is 12.5. The highest BCUT2D eigenvalue weighted by atomic mass is 32.1. The lowest BCUT2D eigenvalue weighted by Crippen LogP contribution is -2.25. The number of amides is 1. The molecule has 94 valence electrons. The zero-order valence-corrected chi connectivity index (χ0v) is 10.7. The van der Waals surface area contributed by atoms with Crippen molar-refractivity contribution >= 4 is 23.2 Å². The van der Waals surface area contributed by atoms with E-state index in [4.69, 9.17) is 5.11 Å². The molecule has 1 heterocycles. The van der Waals surface area contributed by atoms with Gasteiger partial charge in [0.1, 0.15) is 0 Å². The fourth-order valence-electron chi connectivity index (χ4n) is 1.49. The lowest BCUT2D eigenvalue weighted by atomic mass is 10.2. The largest absolute Gasteiger partial charge is 0.481 e. The van der Waals surface area contributed by atoms with E-state index >= 15 is 0 Å². The predicted molar refractivity (Wildman–Crippen MR) is 66.9 cm³/mol. The summed E-state index contributed by atoms with van der Waals surface area (Å²) in [4.78, 5) is 23.7. The van der Waals surface area contributed by atoms with Crippen molar-refractivity contribution in [3.8, 4) is 0 Å². The van der Waals surface area contributed by atoms with E-state index in [-0.39, 0.29) is 12.3 Å². The van der Waals surface area contributed by atoms with Gasteiger partial charge in [-0.15, -0.1) is 0 Å². The molecule has 17 heavy (non-hydrogen) atoms. The maximum Gasteiger partial charge on any atom is 0.303 e. The molecule has 0 fully saturated rings. The summed E-state index contributed by atoms with van der Waals surface area (Å²) in [6.45, 7) is 0.626. The monoisotopic (exact) mass is 255 g/mol. The highest BCUT2D eigenvalue weighted by Crippen LogP contribution is 2.10.